The van der Waals surface area contributed by atoms with Crippen LogP contribution >= 0.6 is 23.3 Å². The molecule has 0 bridgehead atoms. The predicted octanol–water partition coefficient (Wildman–Crippen LogP) is 4.36. The molecular weight excluding hydrogens is 366 g/mol. The second kappa shape index (κ2) is 7.49. The molecule has 3 aromatic rings. The van der Waals surface area contributed by atoms with Gasteiger partial charge < -0.3 is 10.5 Å². The standard InChI is InChI=1S/C19H17N3O2S2/c20-19-21-18-16(23)10-22(11-17(18)26-19)25-12-13-5-4-8-15(9-13)24-14-6-2-1-3-7-14/h1-9H,10-12H2,(H2,20,21). The molecule has 2 aromatic carbocycles. The lowest BCUT2D eigenvalue weighted by Gasteiger charge is -2.23. The number of nitrogens with two attached hydrogens (primary N) is 1. The number of para-hydroxylation sites is 1. The lowest BCUT2D eigenvalue weighted by Crippen LogP contribution is -2.29. The van der Waals surface area contributed by atoms with Gasteiger partial charge in [-0.05, 0) is 29.8 Å². The number of benzene rings is 2. The number of aromatic nitrogens is 1. The van der Waals surface area contributed by atoms with Crippen molar-refractivity contribution in [2.45, 2.75) is 12.3 Å². The van der Waals surface area contributed by atoms with Crippen molar-refractivity contribution in [2.75, 3.05) is 12.3 Å². The van der Waals surface area contributed by atoms with E-state index < -0.39 is 0 Å². The van der Waals surface area contributed by atoms with E-state index in [9.17, 15) is 4.79 Å². The molecular formula is C19H17N3O2S2. The van der Waals surface area contributed by atoms with E-state index in [2.05, 4.69) is 15.4 Å². The van der Waals surface area contributed by atoms with Crippen molar-refractivity contribution >= 4 is 34.2 Å². The summed E-state index contributed by atoms with van der Waals surface area (Å²) in [6.07, 6.45) is 0. The molecule has 0 radical (unpaired) electrons. The molecule has 0 aliphatic carbocycles. The van der Waals surface area contributed by atoms with E-state index >= 15 is 0 Å². The minimum absolute atomic E-state index is 0.0351. The van der Waals surface area contributed by atoms with Crippen LogP contribution in [0.4, 0.5) is 5.13 Å². The fourth-order valence-corrected chi connectivity index (χ4v) is 4.61. The molecule has 2 N–H and O–H groups in total. The van der Waals surface area contributed by atoms with E-state index in [0.717, 1.165) is 27.7 Å². The molecule has 0 atom stereocenters. The summed E-state index contributed by atoms with van der Waals surface area (Å²) in [4.78, 5) is 17.3. The van der Waals surface area contributed by atoms with Gasteiger partial charge in [0.15, 0.2) is 10.9 Å². The fourth-order valence-electron chi connectivity index (χ4n) is 2.73. The molecule has 1 aliphatic rings. The molecule has 2 heterocycles. The van der Waals surface area contributed by atoms with Gasteiger partial charge in [-0.25, -0.2) is 9.29 Å². The Hall–Kier alpha value is -2.35. The molecule has 5 nitrogen and oxygen atoms in total. The molecule has 0 fully saturated rings. The number of ether oxygens (including phenoxy) is 1. The van der Waals surface area contributed by atoms with Gasteiger partial charge in [0.2, 0.25) is 0 Å². The van der Waals surface area contributed by atoms with E-state index in [4.69, 9.17) is 10.5 Å². The second-order valence-electron chi connectivity index (χ2n) is 5.88. The van der Waals surface area contributed by atoms with Gasteiger partial charge >= 0.3 is 0 Å². The first-order valence-corrected chi connectivity index (χ1v) is 9.91. The van der Waals surface area contributed by atoms with E-state index in [0.29, 0.717) is 23.9 Å². The van der Waals surface area contributed by atoms with Crippen LogP contribution in [0.2, 0.25) is 0 Å². The summed E-state index contributed by atoms with van der Waals surface area (Å²) in [5.41, 5.74) is 7.41. The van der Waals surface area contributed by atoms with Crippen molar-refractivity contribution in [3.05, 3.63) is 70.7 Å². The molecule has 0 spiro atoms. The Bertz CT molecular complexity index is 928. The van der Waals surface area contributed by atoms with Gasteiger partial charge in [0.1, 0.15) is 17.2 Å². The van der Waals surface area contributed by atoms with Crippen LogP contribution in [0.1, 0.15) is 20.9 Å². The summed E-state index contributed by atoms with van der Waals surface area (Å²) in [5.74, 6) is 2.42. The number of ketones is 1. The number of hydrogen-bond donors (Lipinski definition) is 1. The van der Waals surface area contributed by atoms with E-state index in [1.165, 1.54) is 11.3 Å². The number of anilines is 1. The molecule has 0 unspecified atom stereocenters. The second-order valence-corrected chi connectivity index (χ2v) is 8.06. The summed E-state index contributed by atoms with van der Waals surface area (Å²) in [6.45, 7) is 1.06. The lowest BCUT2D eigenvalue weighted by atomic mass is 10.2. The van der Waals surface area contributed by atoms with E-state index in [1.807, 2.05) is 48.5 Å². The molecule has 4 rings (SSSR count). The quantitative estimate of drug-likeness (QED) is 0.660. The highest BCUT2D eigenvalue weighted by Crippen LogP contribution is 2.31. The Balaban J connectivity index is 1.39. The average Bonchev–Trinajstić information content (AvgIpc) is 3.02. The fraction of sp³-hybridized carbons (Fsp3) is 0.158. The molecule has 132 valence electrons. The Morgan fingerprint density at radius 3 is 2.77 bits per heavy atom. The lowest BCUT2D eigenvalue weighted by molar-refractivity contribution is 0.0951. The minimum Gasteiger partial charge on any atom is -0.457 e. The first-order valence-electron chi connectivity index (χ1n) is 8.15. The summed E-state index contributed by atoms with van der Waals surface area (Å²) >= 11 is 3.03. The Kier molecular flexibility index (Phi) is 4.92. The number of nitrogen functional groups attached to an aromatic ring is 1. The molecule has 1 aliphatic heterocycles. The van der Waals surface area contributed by atoms with Crippen molar-refractivity contribution in [2.24, 2.45) is 0 Å². The number of carbonyl (C=O) groups is 1. The van der Waals surface area contributed by atoms with Crippen LogP contribution in [0.15, 0.2) is 54.6 Å². The molecule has 0 saturated carbocycles. The first-order chi connectivity index (χ1) is 12.7. The van der Waals surface area contributed by atoms with Crippen LogP contribution < -0.4 is 10.5 Å². The minimum atomic E-state index is 0.0351. The number of fused-ring (bicyclic) bond motifs is 1. The van der Waals surface area contributed by atoms with E-state index in [-0.39, 0.29) is 5.78 Å². The maximum atomic E-state index is 12.2. The highest BCUT2D eigenvalue weighted by Gasteiger charge is 2.27. The van der Waals surface area contributed by atoms with Gasteiger partial charge in [0.25, 0.3) is 0 Å². The monoisotopic (exact) mass is 383 g/mol. The van der Waals surface area contributed by atoms with Gasteiger partial charge in [-0.3, -0.25) is 4.79 Å². The highest BCUT2D eigenvalue weighted by molar-refractivity contribution is 7.96. The maximum absolute atomic E-state index is 12.2. The number of thiazole rings is 1. The van der Waals surface area contributed by atoms with Crippen LogP contribution in [0, 0.1) is 0 Å². The first kappa shape index (κ1) is 17.1. The summed E-state index contributed by atoms with van der Waals surface area (Å²) in [7, 11) is 0. The molecule has 0 saturated heterocycles. The molecule has 26 heavy (non-hydrogen) atoms. The zero-order valence-electron chi connectivity index (χ0n) is 13.9. The van der Waals surface area contributed by atoms with Crippen molar-refractivity contribution < 1.29 is 9.53 Å². The highest BCUT2D eigenvalue weighted by atomic mass is 32.2. The topological polar surface area (TPSA) is 68.4 Å². The van der Waals surface area contributed by atoms with Crippen LogP contribution in [0.25, 0.3) is 0 Å². The van der Waals surface area contributed by atoms with Crippen molar-refractivity contribution in [3.8, 4) is 11.5 Å². The summed E-state index contributed by atoms with van der Waals surface area (Å²) in [6, 6.07) is 17.7. The number of rotatable bonds is 5. The molecule has 1 aromatic heterocycles. The molecule has 7 heteroatoms. The van der Waals surface area contributed by atoms with Crippen molar-refractivity contribution in [1.29, 1.82) is 0 Å². The summed E-state index contributed by atoms with van der Waals surface area (Å²) < 4.78 is 7.94. The van der Waals surface area contributed by atoms with Gasteiger partial charge in [-0.15, -0.1) is 11.3 Å². The SMILES string of the molecule is Nc1nc2c(s1)CN(SCc1cccc(Oc3ccccc3)c1)CC2=O. The van der Waals surface area contributed by atoms with Crippen LogP contribution in [0.5, 0.6) is 11.5 Å². The Morgan fingerprint density at radius 2 is 1.92 bits per heavy atom. The third-order valence-electron chi connectivity index (χ3n) is 3.91. The normalized spacial score (nSPS) is 14.2. The zero-order valence-corrected chi connectivity index (χ0v) is 15.6. The van der Waals surface area contributed by atoms with Crippen LogP contribution in [0.3, 0.4) is 0 Å². The van der Waals surface area contributed by atoms with Gasteiger partial charge in [-0.2, -0.15) is 0 Å². The van der Waals surface area contributed by atoms with Gasteiger partial charge in [0.05, 0.1) is 11.4 Å². The Labute approximate surface area is 159 Å². The predicted molar refractivity (Wildman–Crippen MR) is 106 cm³/mol. The van der Waals surface area contributed by atoms with Crippen LogP contribution in [-0.4, -0.2) is 21.6 Å². The largest absolute Gasteiger partial charge is 0.457 e. The van der Waals surface area contributed by atoms with Crippen LogP contribution in [-0.2, 0) is 12.3 Å². The molecule has 0 amide bonds. The number of carbonyl (C=O) groups excluding carboxylic acids is 1. The third-order valence-corrected chi connectivity index (χ3v) is 5.86. The maximum Gasteiger partial charge on any atom is 0.197 e. The number of nitrogens with zero attached hydrogens (tertiary/aromatic N) is 2. The van der Waals surface area contributed by atoms with Gasteiger partial charge in [0, 0.05) is 12.3 Å². The van der Waals surface area contributed by atoms with Crippen molar-refractivity contribution in [3.63, 3.8) is 0 Å². The zero-order chi connectivity index (χ0) is 17.9. The van der Waals surface area contributed by atoms with Crippen molar-refractivity contribution in [1.82, 2.24) is 9.29 Å². The van der Waals surface area contributed by atoms with E-state index in [1.54, 1.807) is 11.9 Å². The number of hydrogen-bond acceptors (Lipinski definition) is 7. The summed E-state index contributed by atoms with van der Waals surface area (Å²) in [5, 5.41) is 0.459. The third kappa shape index (κ3) is 3.90. The van der Waals surface area contributed by atoms with Gasteiger partial charge in [-0.1, -0.05) is 42.3 Å². The average molecular weight is 383 g/mol. The Morgan fingerprint density at radius 1 is 1.12 bits per heavy atom. The smallest absolute Gasteiger partial charge is 0.197 e. The number of Topliss-reactive ketones (excluding diaryl/α,β-unsaturated/α-hetero) is 1.